The highest BCUT2D eigenvalue weighted by molar-refractivity contribution is 5.95. The minimum Gasteiger partial charge on any atom is -0.333 e. The van der Waals surface area contributed by atoms with Crippen LogP contribution in [-0.4, -0.2) is 39.6 Å². The van der Waals surface area contributed by atoms with E-state index < -0.39 is 17.6 Å². The lowest BCUT2D eigenvalue weighted by Crippen LogP contribution is -2.38. The first-order valence-corrected chi connectivity index (χ1v) is 9.60. The summed E-state index contributed by atoms with van der Waals surface area (Å²) in [7, 11) is 0. The molecule has 0 aliphatic rings. The Morgan fingerprint density at radius 3 is 2.42 bits per heavy atom. The van der Waals surface area contributed by atoms with E-state index in [0.29, 0.717) is 5.56 Å². The van der Waals surface area contributed by atoms with E-state index >= 15 is 0 Å². The van der Waals surface area contributed by atoms with Crippen LogP contribution in [0.25, 0.3) is 5.69 Å². The maximum atomic E-state index is 13.1. The quantitative estimate of drug-likeness (QED) is 0.618. The van der Waals surface area contributed by atoms with Gasteiger partial charge in [-0.15, -0.1) is 0 Å². The summed E-state index contributed by atoms with van der Waals surface area (Å²) in [6.07, 6.45) is -1.28. The minimum atomic E-state index is -4.59. The smallest absolute Gasteiger partial charge is 0.333 e. The summed E-state index contributed by atoms with van der Waals surface area (Å²) in [6.45, 7) is 1.58. The molecular formula is C22H21F3N4O2. The number of benzene rings is 2. The van der Waals surface area contributed by atoms with Crippen LogP contribution >= 0.6 is 0 Å². The molecule has 31 heavy (non-hydrogen) atoms. The fourth-order valence-corrected chi connectivity index (χ4v) is 3.04. The molecule has 0 aliphatic heterocycles. The molecule has 0 radical (unpaired) electrons. The van der Waals surface area contributed by atoms with Gasteiger partial charge in [-0.2, -0.15) is 18.3 Å². The number of para-hydroxylation sites is 2. The van der Waals surface area contributed by atoms with E-state index in [1.165, 1.54) is 23.1 Å². The maximum absolute atomic E-state index is 13.1. The zero-order valence-corrected chi connectivity index (χ0v) is 16.8. The highest BCUT2D eigenvalue weighted by atomic mass is 19.4. The standard InChI is InChI=1S/C22H21F3N4O2/c1-2-28(15-20(30)27-19-11-7-6-10-18(19)22(23,24)25)21(31)12-16-13-26-29(14-16)17-8-4-3-5-9-17/h3-11,13-14H,2,12,15H2,1H3,(H,27,30). The van der Waals surface area contributed by atoms with Gasteiger partial charge in [0.1, 0.15) is 0 Å². The van der Waals surface area contributed by atoms with Crippen LogP contribution in [0, 0.1) is 0 Å². The van der Waals surface area contributed by atoms with Gasteiger partial charge in [-0.05, 0) is 36.8 Å². The zero-order chi connectivity index (χ0) is 22.4. The molecule has 0 unspecified atom stereocenters. The first kappa shape index (κ1) is 22.1. The van der Waals surface area contributed by atoms with Crippen molar-refractivity contribution in [1.82, 2.24) is 14.7 Å². The number of aromatic nitrogens is 2. The summed E-state index contributed by atoms with van der Waals surface area (Å²) in [5, 5.41) is 6.49. The molecule has 0 bridgehead atoms. The van der Waals surface area contributed by atoms with Crippen LogP contribution in [0.3, 0.4) is 0 Å². The lowest BCUT2D eigenvalue weighted by molar-refractivity contribution is -0.137. The number of alkyl halides is 3. The van der Waals surface area contributed by atoms with Gasteiger partial charge in [0, 0.05) is 12.7 Å². The van der Waals surface area contributed by atoms with Crippen molar-refractivity contribution in [3.63, 3.8) is 0 Å². The third-order valence-electron chi connectivity index (χ3n) is 4.59. The third kappa shape index (κ3) is 5.71. The van der Waals surface area contributed by atoms with Crippen molar-refractivity contribution < 1.29 is 22.8 Å². The molecule has 162 valence electrons. The van der Waals surface area contributed by atoms with E-state index in [2.05, 4.69) is 10.4 Å². The van der Waals surface area contributed by atoms with Gasteiger partial charge in [0.15, 0.2) is 0 Å². The van der Waals surface area contributed by atoms with Crippen LogP contribution in [0.4, 0.5) is 18.9 Å². The van der Waals surface area contributed by atoms with Crippen molar-refractivity contribution in [3.8, 4) is 5.69 Å². The largest absolute Gasteiger partial charge is 0.418 e. The van der Waals surface area contributed by atoms with Crippen molar-refractivity contribution in [2.24, 2.45) is 0 Å². The lowest BCUT2D eigenvalue weighted by atomic mass is 10.1. The Kier molecular flexibility index (Phi) is 6.74. The van der Waals surface area contributed by atoms with E-state index in [1.807, 2.05) is 30.3 Å². The van der Waals surface area contributed by atoms with Crippen molar-refractivity contribution >= 4 is 17.5 Å². The van der Waals surface area contributed by atoms with Crippen LogP contribution < -0.4 is 5.32 Å². The second-order valence-electron chi connectivity index (χ2n) is 6.80. The molecule has 0 atom stereocenters. The van der Waals surface area contributed by atoms with Gasteiger partial charge in [0.05, 0.1) is 36.1 Å². The van der Waals surface area contributed by atoms with Gasteiger partial charge in [-0.25, -0.2) is 4.68 Å². The second kappa shape index (κ2) is 9.46. The van der Waals surface area contributed by atoms with Crippen molar-refractivity contribution in [3.05, 3.63) is 78.1 Å². The zero-order valence-electron chi connectivity index (χ0n) is 16.8. The molecular weight excluding hydrogens is 409 g/mol. The van der Waals surface area contributed by atoms with E-state index in [9.17, 15) is 22.8 Å². The number of nitrogens with one attached hydrogen (secondary N) is 1. The first-order valence-electron chi connectivity index (χ1n) is 9.60. The maximum Gasteiger partial charge on any atom is 0.418 e. The van der Waals surface area contributed by atoms with Crippen molar-refractivity contribution in [1.29, 1.82) is 0 Å². The van der Waals surface area contributed by atoms with E-state index in [1.54, 1.807) is 24.0 Å². The van der Waals surface area contributed by atoms with E-state index in [4.69, 9.17) is 0 Å². The molecule has 2 amide bonds. The molecule has 0 fully saturated rings. The summed E-state index contributed by atoms with van der Waals surface area (Å²) in [5.41, 5.74) is 0.227. The van der Waals surface area contributed by atoms with Crippen LogP contribution in [0.2, 0.25) is 0 Å². The van der Waals surface area contributed by atoms with Crippen LogP contribution in [-0.2, 0) is 22.2 Å². The van der Waals surface area contributed by atoms with Crippen molar-refractivity contribution in [2.45, 2.75) is 19.5 Å². The molecule has 0 saturated heterocycles. The van der Waals surface area contributed by atoms with Crippen LogP contribution in [0.5, 0.6) is 0 Å². The van der Waals surface area contributed by atoms with Gasteiger partial charge in [0.25, 0.3) is 0 Å². The molecule has 1 heterocycles. The molecule has 6 nitrogen and oxygen atoms in total. The summed E-state index contributed by atoms with van der Waals surface area (Å²) in [4.78, 5) is 26.2. The van der Waals surface area contributed by atoms with Gasteiger partial charge in [-0.1, -0.05) is 30.3 Å². The Morgan fingerprint density at radius 1 is 1.06 bits per heavy atom. The second-order valence-corrected chi connectivity index (χ2v) is 6.80. The molecule has 1 aromatic heterocycles. The number of likely N-dealkylation sites (N-methyl/N-ethyl adjacent to an activating group) is 1. The number of amides is 2. The molecule has 0 aliphatic carbocycles. The normalized spacial score (nSPS) is 11.2. The molecule has 2 aromatic carbocycles. The highest BCUT2D eigenvalue weighted by Crippen LogP contribution is 2.34. The number of anilines is 1. The first-order chi connectivity index (χ1) is 14.8. The molecule has 0 spiro atoms. The number of carbonyl (C=O) groups excluding carboxylic acids is 2. The summed E-state index contributed by atoms with van der Waals surface area (Å²) < 4.78 is 40.9. The van der Waals surface area contributed by atoms with E-state index in [0.717, 1.165) is 11.8 Å². The number of halogens is 3. The predicted molar refractivity (Wildman–Crippen MR) is 110 cm³/mol. The topological polar surface area (TPSA) is 67.2 Å². The predicted octanol–water partition coefficient (Wildman–Crippen LogP) is 3.92. The number of rotatable bonds is 7. The Balaban J connectivity index is 1.63. The number of nitrogens with zero attached hydrogens (tertiary/aromatic N) is 3. The fraction of sp³-hybridized carbons (Fsp3) is 0.227. The van der Waals surface area contributed by atoms with Gasteiger partial charge >= 0.3 is 6.18 Å². The molecule has 9 heteroatoms. The Bertz CT molecular complexity index is 1050. The monoisotopic (exact) mass is 430 g/mol. The fourth-order valence-electron chi connectivity index (χ4n) is 3.04. The number of hydrogen-bond acceptors (Lipinski definition) is 3. The number of carbonyl (C=O) groups is 2. The third-order valence-corrected chi connectivity index (χ3v) is 4.59. The molecule has 0 saturated carbocycles. The average Bonchev–Trinajstić information content (AvgIpc) is 3.20. The summed E-state index contributed by atoms with van der Waals surface area (Å²) >= 11 is 0. The average molecular weight is 430 g/mol. The Labute approximate surface area is 177 Å². The molecule has 3 rings (SSSR count). The van der Waals surface area contributed by atoms with Gasteiger partial charge in [-0.3, -0.25) is 9.59 Å². The van der Waals surface area contributed by atoms with Crippen LogP contribution in [0.1, 0.15) is 18.1 Å². The summed E-state index contributed by atoms with van der Waals surface area (Å²) in [6, 6.07) is 14.1. The molecule has 3 aromatic rings. The lowest BCUT2D eigenvalue weighted by Gasteiger charge is -2.21. The van der Waals surface area contributed by atoms with Gasteiger partial charge < -0.3 is 10.2 Å². The highest BCUT2D eigenvalue weighted by Gasteiger charge is 2.33. The SMILES string of the molecule is CCN(CC(=O)Nc1ccccc1C(F)(F)F)C(=O)Cc1cnn(-c2ccccc2)c1. The summed E-state index contributed by atoms with van der Waals surface area (Å²) in [5.74, 6) is -1.03. The number of hydrogen-bond donors (Lipinski definition) is 1. The van der Waals surface area contributed by atoms with E-state index in [-0.39, 0.29) is 31.1 Å². The Morgan fingerprint density at radius 2 is 1.74 bits per heavy atom. The Hall–Kier alpha value is -3.62. The van der Waals surface area contributed by atoms with Crippen LogP contribution in [0.15, 0.2) is 67.0 Å². The molecule has 1 N–H and O–H groups in total. The van der Waals surface area contributed by atoms with Crippen molar-refractivity contribution in [2.75, 3.05) is 18.4 Å². The minimum absolute atomic E-state index is 0.0209. The van der Waals surface area contributed by atoms with Gasteiger partial charge in [0.2, 0.25) is 11.8 Å².